The number of nitro groups is 1. The van der Waals surface area contributed by atoms with E-state index in [2.05, 4.69) is 10.4 Å². The van der Waals surface area contributed by atoms with Gasteiger partial charge in [0.05, 0.1) is 4.92 Å². The molecule has 0 saturated heterocycles. The summed E-state index contributed by atoms with van der Waals surface area (Å²) in [5.41, 5.74) is -1.66. The lowest BCUT2D eigenvalue weighted by Gasteiger charge is -2.25. The molecule has 126 valence electrons. The first kappa shape index (κ1) is 17.1. The standard InChI is InChI=1S/C15H16N4O5/c1-15(14(21)22,10-6-4-3-5-7-10)9-16-13(20)12-11(19(23)24)8-18(2)17-12/h3-8H,9H2,1-2H3,(H,16,20)(H,21,22). The Morgan fingerprint density at radius 3 is 2.54 bits per heavy atom. The molecule has 0 saturated carbocycles. The van der Waals surface area contributed by atoms with Crippen molar-refractivity contribution in [2.24, 2.45) is 7.05 Å². The van der Waals surface area contributed by atoms with E-state index in [-0.39, 0.29) is 12.2 Å². The number of nitrogens with one attached hydrogen (secondary N) is 1. The number of rotatable bonds is 6. The van der Waals surface area contributed by atoms with Gasteiger partial charge < -0.3 is 10.4 Å². The fourth-order valence-electron chi connectivity index (χ4n) is 2.22. The highest BCUT2D eigenvalue weighted by Crippen LogP contribution is 2.24. The molecule has 1 heterocycles. The van der Waals surface area contributed by atoms with Crippen molar-refractivity contribution in [3.05, 3.63) is 57.9 Å². The second-order valence-corrected chi connectivity index (χ2v) is 5.48. The highest BCUT2D eigenvalue weighted by molar-refractivity contribution is 5.96. The van der Waals surface area contributed by atoms with Crippen molar-refractivity contribution in [2.45, 2.75) is 12.3 Å². The van der Waals surface area contributed by atoms with Crippen LogP contribution in [0.2, 0.25) is 0 Å². The van der Waals surface area contributed by atoms with Gasteiger partial charge in [0.15, 0.2) is 0 Å². The van der Waals surface area contributed by atoms with Gasteiger partial charge in [0.1, 0.15) is 11.6 Å². The van der Waals surface area contributed by atoms with Crippen LogP contribution in [0.5, 0.6) is 0 Å². The summed E-state index contributed by atoms with van der Waals surface area (Å²) in [5, 5.41) is 26.7. The number of benzene rings is 1. The molecule has 0 radical (unpaired) electrons. The Labute approximate surface area is 137 Å². The fraction of sp³-hybridized carbons (Fsp3) is 0.267. The number of aryl methyl sites for hydroxylation is 1. The molecule has 0 aliphatic rings. The first-order chi connectivity index (χ1) is 11.3. The normalized spacial score (nSPS) is 13.1. The summed E-state index contributed by atoms with van der Waals surface area (Å²) in [5.74, 6) is -1.92. The second kappa shape index (κ2) is 6.49. The molecule has 9 nitrogen and oxygen atoms in total. The molecule has 9 heteroatoms. The summed E-state index contributed by atoms with van der Waals surface area (Å²) in [4.78, 5) is 34.1. The average Bonchev–Trinajstić information content (AvgIpc) is 2.95. The average molecular weight is 332 g/mol. The Morgan fingerprint density at radius 1 is 1.38 bits per heavy atom. The van der Waals surface area contributed by atoms with E-state index in [1.807, 2.05) is 0 Å². The number of carboxylic acid groups (broad SMARTS) is 1. The number of nitrogens with zero attached hydrogens (tertiary/aromatic N) is 3. The van der Waals surface area contributed by atoms with Gasteiger partial charge in [-0.3, -0.25) is 24.4 Å². The number of aliphatic carboxylic acids is 1. The maximum atomic E-state index is 12.2. The highest BCUT2D eigenvalue weighted by atomic mass is 16.6. The molecule has 1 unspecified atom stereocenters. The van der Waals surface area contributed by atoms with Crippen LogP contribution in [0.25, 0.3) is 0 Å². The number of carboxylic acids is 1. The van der Waals surface area contributed by atoms with Crippen LogP contribution in [0, 0.1) is 10.1 Å². The molecule has 0 aliphatic heterocycles. The van der Waals surface area contributed by atoms with E-state index in [1.165, 1.54) is 14.0 Å². The van der Waals surface area contributed by atoms with Crippen molar-refractivity contribution in [1.29, 1.82) is 0 Å². The Kier molecular flexibility index (Phi) is 4.63. The summed E-state index contributed by atoms with van der Waals surface area (Å²) in [6, 6.07) is 8.43. The molecule has 1 aromatic heterocycles. The van der Waals surface area contributed by atoms with Gasteiger partial charge in [-0.1, -0.05) is 30.3 Å². The summed E-state index contributed by atoms with van der Waals surface area (Å²) in [7, 11) is 1.45. The van der Waals surface area contributed by atoms with E-state index >= 15 is 0 Å². The Hall–Kier alpha value is -3.23. The third-order valence-electron chi connectivity index (χ3n) is 3.71. The molecule has 2 aromatic rings. The maximum Gasteiger partial charge on any atom is 0.320 e. The van der Waals surface area contributed by atoms with Crippen LogP contribution in [0.15, 0.2) is 36.5 Å². The summed E-state index contributed by atoms with van der Waals surface area (Å²) in [6.45, 7) is 1.23. The molecule has 1 atom stereocenters. The zero-order chi connectivity index (χ0) is 17.9. The van der Waals surface area contributed by atoms with Crippen molar-refractivity contribution >= 4 is 17.6 Å². The quantitative estimate of drug-likeness (QED) is 0.602. The molecule has 0 aliphatic carbocycles. The van der Waals surface area contributed by atoms with Crippen molar-refractivity contribution in [3.63, 3.8) is 0 Å². The largest absolute Gasteiger partial charge is 0.481 e. The van der Waals surface area contributed by atoms with Gasteiger partial charge in [-0.2, -0.15) is 5.10 Å². The van der Waals surface area contributed by atoms with E-state index in [9.17, 15) is 24.8 Å². The number of aromatic nitrogens is 2. The number of carbonyl (C=O) groups is 2. The Balaban J connectivity index is 2.23. The van der Waals surface area contributed by atoms with Gasteiger partial charge >= 0.3 is 11.7 Å². The molecule has 0 bridgehead atoms. The molecular weight excluding hydrogens is 316 g/mol. The Morgan fingerprint density at radius 2 is 2.00 bits per heavy atom. The second-order valence-electron chi connectivity index (χ2n) is 5.48. The minimum atomic E-state index is -1.37. The van der Waals surface area contributed by atoms with Crippen LogP contribution in [0.1, 0.15) is 23.0 Å². The minimum Gasteiger partial charge on any atom is -0.481 e. The van der Waals surface area contributed by atoms with Gasteiger partial charge in [-0.05, 0) is 12.5 Å². The number of carbonyl (C=O) groups excluding carboxylic acids is 1. The lowest BCUT2D eigenvalue weighted by atomic mass is 9.82. The van der Waals surface area contributed by atoms with Crippen molar-refractivity contribution < 1.29 is 19.6 Å². The first-order valence-electron chi connectivity index (χ1n) is 7.01. The topological polar surface area (TPSA) is 127 Å². The van der Waals surface area contributed by atoms with Crippen LogP contribution < -0.4 is 5.32 Å². The van der Waals surface area contributed by atoms with E-state index in [0.29, 0.717) is 5.56 Å². The molecule has 2 rings (SSSR count). The predicted octanol–water partition coefficient (Wildman–Crippen LogP) is 1.10. The monoisotopic (exact) mass is 332 g/mol. The van der Waals surface area contributed by atoms with E-state index < -0.39 is 27.9 Å². The maximum absolute atomic E-state index is 12.2. The van der Waals surface area contributed by atoms with Crippen molar-refractivity contribution in [3.8, 4) is 0 Å². The summed E-state index contributed by atoms with van der Waals surface area (Å²) >= 11 is 0. The van der Waals surface area contributed by atoms with Gasteiger partial charge in [0.2, 0.25) is 5.69 Å². The minimum absolute atomic E-state index is 0.237. The molecule has 0 spiro atoms. The third-order valence-corrected chi connectivity index (χ3v) is 3.71. The molecule has 24 heavy (non-hydrogen) atoms. The van der Waals surface area contributed by atoms with Crippen molar-refractivity contribution in [1.82, 2.24) is 15.1 Å². The van der Waals surface area contributed by atoms with Gasteiger partial charge in [-0.25, -0.2) is 0 Å². The predicted molar refractivity (Wildman–Crippen MR) is 83.6 cm³/mol. The van der Waals surface area contributed by atoms with E-state index in [1.54, 1.807) is 30.3 Å². The lowest BCUT2D eigenvalue weighted by molar-refractivity contribution is -0.385. The molecule has 0 fully saturated rings. The summed E-state index contributed by atoms with van der Waals surface area (Å²) < 4.78 is 1.15. The van der Waals surface area contributed by atoms with Crippen LogP contribution in [-0.2, 0) is 17.3 Å². The molecule has 2 N–H and O–H groups in total. The molecule has 1 aromatic carbocycles. The van der Waals surface area contributed by atoms with Crippen LogP contribution >= 0.6 is 0 Å². The van der Waals surface area contributed by atoms with Gasteiger partial charge in [0, 0.05) is 13.6 Å². The van der Waals surface area contributed by atoms with E-state index in [0.717, 1.165) is 10.9 Å². The van der Waals surface area contributed by atoms with Crippen molar-refractivity contribution in [2.75, 3.05) is 6.54 Å². The highest BCUT2D eigenvalue weighted by Gasteiger charge is 2.36. The lowest BCUT2D eigenvalue weighted by Crippen LogP contribution is -2.44. The zero-order valence-corrected chi connectivity index (χ0v) is 13.1. The van der Waals surface area contributed by atoms with Crippen LogP contribution in [0.4, 0.5) is 5.69 Å². The molecule has 1 amide bonds. The van der Waals surface area contributed by atoms with E-state index in [4.69, 9.17) is 0 Å². The number of hydrogen-bond donors (Lipinski definition) is 2. The SMILES string of the molecule is Cn1cc([N+](=O)[O-])c(C(=O)NCC(C)(C(=O)O)c2ccccc2)n1. The Bertz CT molecular complexity index is 786. The van der Waals surface area contributed by atoms with Crippen LogP contribution in [-0.4, -0.2) is 38.2 Å². The first-order valence-corrected chi connectivity index (χ1v) is 7.01. The zero-order valence-electron chi connectivity index (χ0n) is 13.1. The number of amides is 1. The number of hydrogen-bond acceptors (Lipinski definition) is 5. The smallest absolute Gasteiger partial charge is 0.320 e. The van der Waals surface area contributed by atoms with Gasteiger partial charge in [-0.15, -0.1) is 0 Å². The van der Waals surface area contributed by atoms with Gasteiger partial charge in [0.25, 0.3) is 5.91 Å². The fourth-order valence-corrected chi connectivity index (χ4v) is 2.22. The third kappa shape index (κ3) is 3.24. The molecular formula is C15H16N4O5. The van der Waals surface area contributed by atoms with Crippen LogP contribution in [0.3, 0.4) is 0 Å². The summed E-state index contributed by atoms with van der Waals surface area (Å²) in [6.07, 6.45) is 1.11.